The van der Waals surface area contributed by atoms with Gasteiger partial charge >= 0.3 is 0 Å². The molecule has 5 nitrogen and oxygen atoms in total. The molecule has 0 saturated carbocycles. The first-order valence-electron chi connectivity index (χ1n) is 6.53. The van der Waals surface area contributed by atoms with Crippen LogP contribution in [0.3, 0.4) is 0 Å². The maximum Gasteiger partial charge on any atom is 0.255 e. The second-order valence-corrected chi connectivity index (χ2v) is 5.18. The van der Waals surface area contributed by atoms with Crippen molar-refractivity contribution in [3.8, 4) is 5.75 Å². The molecule has 2 rings (SSSR count). The lowest BCUT2D eigenvalue weighted by Crippen LogP contribution is -2.37. The Hall–Kier alpha value is -1.01. The highest BCUT2D eigenvalue weighted by Gasteiger charge is 2.32. The number of likely N-dealkylation sites (N-methyl/N-ethyl adjacent to an activating group) is 1. The van der Waals surface area contributed by atoms with Crippen molar-refractivity contribution in [3.05, 3.63) is 23.2 Å². The fraction of sp³-hybridized carbons (Fsp3) is 0.500. The average molecular weight is 335 g/mol. The highest BCUT2D eigenvalue weighted by atomic mass is 35.5. The predicted octanol–water partition coefficient (Wildman–Crippen LogP) is 2.24. The molecule has 0 aromatic heterocycles. The molecule has 0 spiro atoms. The molecule has 0 aliphatic carbocycles. The summed E-state index contributed by atoms with van der Waals surface area (Å²) in [7, 11) is 3.26. The van der Waals surface area contributed by atoms with Crippen molar-refractivity contribution in [2.24, 2.45) is 5.73 Å². The number of halogens is 2. The van der Waals surface area contributed by atoms with Crippen molar-refractivity contribution >= 4 is 35.6 Å². The van der Waals surface area contributed by atoms with Crippen LogP contribution in [0.4, 0.5) is 5.69 Å². The Morgan fingerprint density at radius 1 is 1.52 bits per heavy atom. The first kappa shape index (κ1) is 18.0. The number of carbonyl (C=O) groups is 1. The predicted molar refractivity (Wildman–Crippen MR) is 85.6 cm³/mol. The zero-order chi connectivity index (χ0) is 14.7. The number of nitrogens with zero attached hydrogens (tertiary/aromatic N) is 1. The molecule has 0 bridgehead atoms. The van der Waals surface area contributed by atoms with E-state index in [2.05, 4.69) is 0 Å². The maximum atomic E-state index is 12.4. The lowest BCUT2D eigenvalue weighted by molar-refractivity contribution is -0.128. The van der Waals surface area contributed by atoms with E-state index in [0.29, 0.717) is 29.4 Å². The molecular formula is C14H20Cl2N2O3. The van der Waals surface area contributed by atoms with E-state index in [1.54, 1.807) is 37.3 Å². The molecule has 7 heteroatoms. The number of carbonyl (C=O) groups excluding carboxylic acids is 1. The van der Waals surface area contributed by atoms with Gasteiger partial charge in [0.25, 0.3) is 5.91 Å². The van der Waals surface area contributed by atoms with Crippen molar-refractivity contribution < 1.29 is 14.3 Å². The zero-order valence-corrected chi connectivity index (χ0v) is 13.6. The van der Waals surface area contributed by atoms with E-state index in [4.69, 9.17) is 26.8 Å². The Bertz CT molecular complexity index is 499. The summed E-state index contributed by atoms with van der Waals surface area (Å²) in [5.74, 6) is 0.499. The van der Waals surface area contributed by atoms with Crippen molar-refractivity contribution in [1.82, 2.24) is 0 Å². The molecule has 1 aliphatic heterocycles. The van der Waals surface area contributed by atoms with Gasteiger partial charge in [0.05, 0.1) is 18.2 Å². The number of hydrogen-bond donors (Lipinski definition) is 1. The second kappa shape index (κ2) is 7.84. The Morgan fingerprint density at radius 2 is 2.24 bits per heavy atom. The van der Waals surface area contributed by atoms with Gasteiger partial charge in [0.2, 0.25) is 0 Å². The number of rotatable bonds is 4. The van der Waals surface area contributed by atoms with Gasteiger partial charge in [-0.15, -0.1) is 12.4 Å². The van der Waals surface area contributed by atoms with Gasteiger partial charge in [0.1, 0.15) is 11.9 Å². The SMILES string of the molecule is COc1ccc(N(C)C(=O)[C@@H]2CC[C@H](CN)O2)cc1Cl.Cl. The number of benzene rings is 1. The topological polar surface area (TPSA) is 64.8 Å². The third kappa shape index (κ3) is 4.01. The van der Waals surface area contributed by atoms with Crippen LogP contribution in [0.1, 0.15) is 12.8 Å². The number of anilines is 1. The minimum absolute atomic E-state index is 0. The van der Waals surface area contributed by atoms with Crippen LogP contribution in [0.25, 0.3) is 0 Å². The molecule has 118 valence electrons. The highest BCUT2D eigenvalue weighted by Crippen LogP contribution is 2.30. The molecule has 21 heavy (non-hydrogen) atoms. The van der Waals surface area contributed by atoms with Crippen LogP contribution >= 0.6 is 24.0 Å². The summed E-state index contributed by atoms with van der Waals surface area (Å²) in [6.45, 7) is 0.446. The van der Waals surface area contributed by atoms with Gasteiger partial charge in [0.15, 0.2) is 0 Å². The minimum atomic E-state index is -0.422. The largest absolute Gasteiger partial charge is 0.495 e. The van der Waals surface area contributed by atoms with Crippen LogP contribution in [-0.4, -0.2) is 38.8 Å². The monoisotopic (exact) mass is 334 g/mol. The molecule has 1 saturated heterocycles. The normalized spacial score (nSPS) is 20.8. The van der Waals surface area contributed by atoms with Crippen molar-refractivity contribution in [3.63, 3.8) is 0 Å². The van der Waals surface area contributed by atoms with Crippen molar-refractivity contribution in [1.29, 1.82) is 0 Å². The number of amides is 1. The third-order valence-corrected chi connectivity index (χ3v) is 3.79. The fourth-order valence-electron chi connectivity index (χ4n) is 2.27. The summed E-state index contributed by atoms with van der Waals surface area (Å²) in [4.78, 5) is 13.9. The molecule has 0 radical (unpaired) electrons. The molecule has 1 aromatic rings. The van der Waals surface area contributed by atoms with Gasteiger partial charge in [-0.1, -0.05) is 11.6 Å². The van der Waals surface area contributed by atoms with E-state index in [1.807, 2.05) is 0 Å². The molecule has 2 atom stereocenters. The lowest BCUT2D eigenvalue weighted by atomic mass is 10.1. The van der Waals surface area contributed by atoms with E-state index in [-0.39, 0.29) is 24.4 Å². The molecule has 1 aromatic carbocycles. The molecule has 1 aliphatic rings. The Kier molecular flexibility index (Phi) is 6.74. The third-order valence-electron chi connectivity index (χ3n) is 3.50. The molecule has 1 fully saturated rings. The first-order valence-corrected chi connectivity index (χ1v) is 6.91. The summed E-state index contributed by atoms with van der Waals surface area (Å²) in [6.07, 6.45) is 1.09. The summed E-state index contributed by atoms with van der Waals surface area (Å²) in [6, 6.07) is 5.23. The quantitative estimate of drug-likeness (QED) is 0.917. The van der Waals surface area contributed by atoms with Crippen LogP contribution < -0.4 is 15.4 Å². The molecular weight excluding hydrogens is 315 g/mol. The van der Waals surface area contributed by atoms with Crippen LogP contribution in [0.15, 0.2) is 18.2 Å². The lowest BCUT2D eigenvalue weighted by Gasteiger charge is -2.22. The van der Waals surface area contributed by atoms with Crippen molar-refractivity contribution in [2.45, 2.75) is 25.0 Å². The van der Waals surface area contributed by atoms with Gasteiger partial charge in [0, 0.05) is 19.3 Å². The smallest absolute Gasteiger partial charge is 0.255 e. The second-order valence-electron chi connectivity index (χ2n) is 4.78. The molecule has 0 unspecified atom stereocenters. The summed E-state index contributed by atoms with van der Waals surface area (Å²) < 4.78 is 10.7. The minimum Gasteiger partial charge on any atom is -0.495 e. The van der Waals surface area contributed by atoms with Gasteiger partial charge in [-0.2, -0.15) is 0 Å². The van der Waals surface area contributed by atoms with Gasteiger partial charge in [-0.25, -0.2) is 0 Å². The van der Waals surface area contributed by atoms with E-state index in [9.17, 15) is 4.79 Å². The van der Waals surface area contributed by atoms with Crippen LogP contribution in [0.2, 0.25) is 5.02 Å². The Labute approximate surface area is 135 Å². The Morgan fingerprint density at radius 3 is 2.76 bits per heavy atom. The van der Waals surface area contributed by atoms with Crippen LogP contribution in [0, 0.1) is 0 Å². The average Bonchev–Trinajstić information content (AvgIpc) is 2.94. The molecule has 1 heterocycles. The maximum absolute atomic E-state index is 12.4. The number of nitrogens with two attached hydrogens (primary N) is 1. The molecule has 2 N–H and O–H groups in total. The van der Waals surface area contributed by atoms with Gasteiger partial charge < -0.3 is 20.1 Å². The summed E-state index contributed by atoms with van der Waals surface area (Å²) >= 11 is 6.07. The first-order chi connectivity index (χ1) is 9.56. The van der Waals surface area contributed by atoms with Crippen LogP contribution in [-0.2, 0) is 9.53 Å². The van der Waals surface area contributed by atoms with Gasteiger partial charge in [-0.05, 0) is 31.0 Å². The van der Waals surface area contributed by atoms with Crippen molar-refractivity contribution in [2.75, 3.05) is 25.6 Å². The van der Waals surface area contributed by atoms with Crippen LogP contribution in [0.5, 0.6) is 5.75 Å². The van der Waals surface area contributed by atoms with E-state index in [0.717, 1.165) is 6.42 Å². The van der Waals surface area contributed by atoms with E-state index >= 15 is 0 Å². The Balaban J connectivity index is 0.00000220. The molecule has 1 amide bonds. The van der Waals surface area contributed by atoms with E-state index < -0.39 is 6.10 Å². The number of hydrogen-bond acceptors (Lipinski definition) is 4. The van der Waals surface area contributed by atoms with E-state index in [1.165, 1.54) is 0 Å². The number of ether oxygens (including phenoxy) is 2. The standard InChI is InChI=1S/C14H19ClN2O3.ClH/c1-17(9-3-5-12(19-2)11(15)7-9)14(18)13-6-4-10(8-16)20-13;/h3,5,7,10,13H,4,6,8,16H2,1-2H3;1H/t10-,13+;/m1./s1. The fourth-order valence-corrected chi connectivity index (χ4v) is 2.52. The number of methoxy groups -OCH3 is 1. The highest BCUT2D eigenvalue weighted by molar-refractivity contribution is 6.32. The zero-order valence-electron chi connectivity index (χ0n) is 12.0. The van der Waals surface area contributed by atoms with Gasteiger partial charge in [-0.3, -0.25) is 4.79 Å². The summed E-state index contributed by atoms with van der Waals surface area (Å²) in [5.41, 5.74) is 6.26. The summed E-state index contributed by atoms with van der Waals surface area (Å²) in [5, 5.41) is 0.469.